The van der Waals surface area contributed by atoms with Gasteiger partial charge in [-0.1, -0.05) is 24.3 Å². The second-order valence-corrected chi connectivity index (χ2v) is 2.72. The molecular weight excluding hydrogens is 155 g/mol. The van der Waals surface area contributed by atoms with Crippen molar-refractivity contribution >= 4 is 18.6 Å². The zero-order chi connectivity index (χ0) is 8.55. The second kappa shape index (κ2) is 2.64. The van der Waals surface area contributed by atoms with Crippen LogP contribution in [-0.4, -0.2) is 18.1 Å². The van der Waals surface area contributed by atoms with E-state index in [1.165, 1.54) is 0 Å². The van der Waals surface area contributed by atoms with E-state index < -0.39 is 7.12 Å². The van der Waals surface area contributed by atoms with Crippen LogP contribution < -0.4 is 5.46 Å². The molecule has 1 aliphatic rings. The fraction of sp³-hybridized carbons (Fsp3) is 0.125. The van der Waals surface area contributed by atoms with Gasteiger partial charge in [0, 0.05) is 5.46 Å². The summed E-state index contributed by atoms with van der Waals surface area (Å²) < 4.78 is 4.63. The van der Waals surface area contributed by atoms with Gasteiger partial charge in [0.2, 0.25) is 0 Å². The molecule has 0 atom stereocenters. The van der Waals surface area contributed by atoms with Crippen LogP contribution in [0.25, 0.3) is 0 Å². The highest BCUT2D eigenvalue weighted by molar-refractivity contribution is 6.63. The molecule has 1 N–H and O–H groups in total. The highest BCUT2D eigenvalue weighted by atomic mass is 16.6. The number of carbonyl (C=O) groups is 1. The lowest BCUT2D eigenvalue weighted by molar-refractivity contribution is -0.135. The Labute approximate surface area is 70.1 Å². The molecule has 2 rings (SSSR count). The summed E-state index contributed by atoms with van der Waals surface area (Å²) in [6.45, 7) is 0. The molecule has 0 spiro atoms. The third kappa shape index (κ3) is 1.10. The van der Waals surface area contributed by atoms with E-state index in [-0.39, 0.29) is 12.4 Å². The maximum absolute atomic E-state index is 10.9. The van der Waals surface area contributed by atoms with Gasteiger partial charge in [-0.25, -0.2) is 0 Å². The predicted octanol–water partition coefficient (Wildman–Crippen LogP) is -0.527. The van der Waals surface area contributed by atoms with Crippen molar-refractivity contribution < 1.29 is 14.5 Å². The summed E-state index contributed by atoms with van der Waals surface area (Å²) in [6.07, 6.45) is 0.257. The van der Waals surface area contributed by atoms with Crippen molar-refractivity contribution in [1.29, 1.82) is 0 Å². The van der Waals surface area contributed by atoms with Gasteiger partial charge >= 0.3 is 7.12 Å². The summed E-state index contributed by atoms with van der Waals surface area (Å²) in [5.74, 6) is -0.374. The van der Waals surface area contributed by atoms with Gasteiger partial charge in [0.05, 0.1) is 6.42 Å². The summed E-state index contributed by atoms with van der Waals surface area (Å²) in [5, 5.41) is 9.29. The number of fused-ring (bicyclic) bond motifs is 1. The molecule has 0 radical (unpaired) electrons. The Balaban J connectivity index is 2.47. The molecule has 1 aromatic rings. The van der Waals surface area contributed by atoms with Crippen molar-refractivity contribution in [2.24, 2.45) is 0 Å². The topological polar surface area (TPSA) is 46.5 Å². The first-order chi connectivity index (χ1) is 5.77. The molecule has 0 aliphatic carbocycles. The number of hydrogen-bond acceptors (Lipinski definition) is 3. The molecule has 0 fully saturated rings. The largest absolute Gasteiger partial charge is 0.562 e. The summed E-state index contributed by atoms with van der Waals surface area (Å²) in [7, 11) is -1.08. The standard InChI is InChI=1S/C8H7BO3/c10-8-5-6-3-1-2-4-7(6)9(11)12-8/h1-4,11H,5H2. The molecule has 1 aromatic carbocycles. The molecular formula is C8H7BO3. The Morgan fingerprint density at radius 1 is 1.42 bits per heavy atom. The summed E-state index contributed by atoms with van der Waals surface area (Å²) in [5.41, 5.74) is 1.54. The average molecular weight is 162 g/mol. The van der Waals surface area contributed by atoms with Gasteiger partial charge in [-0.05, 0) is 5.56 Å². The van der Waals surface area contributed by atoms with E-state index in [4.69, 9.17) is 0 Å². The van der Waals surface area contributed by atoms with Gasteiger partial charge < -0.3 is 9.68 Å². The number of benzene rings is 1. The predicted molar refractivity (Wildman–Crippen MR) is 43.8 cm³/mol. The molecule has 0 saturated heterocycles. The summed E-state index contributed by atoms with van der Waals surface area (Å²) >= 11 is 0. The molecule has 0 bridgehead atoms. The van der Waals surface area contributed by atoms with E-state index >= 15 is 0 Å². The van der Waals surface area contributed by atoms with E-state index in [1.807, 2.05) is 12.1 Å². The van der Waals surface area contributed by atoms with Gasteiger partial charge in [-0.2, -0.15) is 0 Å². The summed E-state index contributed by atoms with van der Waals surface area (Å²) in [6, 6.07) is 7.22. The number of carbonyl (C=O) groups excluding carboxylic acids is 1. The Morgan fingerprint density at radius 2 is 2.17 bits per heavy atom. The van der Waals surface area contributed by atoms with Crippen molar-refractivity contribution in [2.75, 3.05) is 0 Å². The Kier molecular flexibility index (Phi) is 1.62. The first kappa shape index (κ1) is 7.37. The van der Waals surface area contributed by atoms with E-state index in [1.54, 1.807) is 12.1 Å². The highest BCUT2D eigenvalue weighted by Gasteiger charge is 2.29. The van der Waals surface area contributed by atoms with Crippen LogP contribution in [0.3, 0.4) is 0 Å². The molecule has 0 amide bonds. The van der Waals surface area contributed by atoms with Gasteiger partial charge in [-0.15, -0.1) is 0 Å². The maximum atomic E-state index is 10.9. The van der Waals surface area contributed by atoms with E-state index in [0.717, 1.165) is 5.56 Å². The molecule has 1 aliphatic heterocycles. The van der Waals surface area contributed by atoms with Gasteiger partial charge in [-0.3, -0.25) is 4.79 Å². The van der Waals surface area contributed by atoms with Crippen LogP contribution in [0.4, 0.5) is 0 Å². The molecule has 0 aromatic heterocycles. The minimum Gasteiger partial charge on any atom is -0.506 e. The first-order valence-electron chi connectivity index (χ1n) is 3.73. The molecule has 0 saturated carbocycles. The van der Waals surface area contributed by atoms with Crippen LogP contribution >= 0.6 is 0 Å². The molecule has 60 valence electrons. The summed E-state index contributed by atoms with van der Waals surface area (Å²) in [4.78, 5) is 10.9. The molecule has 0 unspecified atom stereocenters. The molecule has 1 heterocycles. The van der Waals surface area contributed by atoms with E-state index in [9.17, 15) is 9.82 Å². The normalized spacial score (nSPS) is 15.4. The van der Waals surface area contributed by atoms with Crippen LogP contribution in [-0.2, 0) is 15.9 Å². The maximum Gasteiger partial charge on any atom is 0.562 e. The minimum atomic E-state index is -1.08. The highest BCUT2D eigenvalue weighted by Crippen LogP contribution is 2.06. The lowest BCUT2D eigenvalue weighted by Crippen LogP contribution is -2.43. The van der Waals surface area contributed by atoms with Crippen LogP contribution in [0.2, 0.25) is 0 Å². The van der Waals surface area contributed by atoms with Crippen LogP contribution in [0.1, 0.15) is 5.56 Å². The fourth-order valence-electron chi connectivity index (χ4n) is 1.32. The minimum absolute atomic E-state index is 0.257. The lowest BCUT2D eigenvalue weighted by Gasteiger charge is -2.17. The third-order valence-electron chi connectivity index (χ3n) is 1.90. The lowest BCUT2D eigenvalue weighted by atomic mass is 9.73. The number of hydrogen-bond donors (Lipinski definition) is 1. The van der Waals surface area contributed by atoms with Crippen molar-refractivity contribution in [2.45, 2.75) is 6.42 Å². The van der Waals surface area contributed by atoms with Crippen molar-refractivity contribution in [3.05, 3.63) is 29.8 Å². The Bertz CT molecular complexity index is 324. The van der Waals surface area contributed by atoms with Crippen molar-refractivity contribution in [1.82, 2.24) is 0 Å². The quantitative estimate of drug-likeness (QED) is 0.521. The van der Waals surface area contributed by atoms with Gasteiger partial charge in [0.1, 0.15) is 0 Å². The smallest absolute Gasteiger partial charge is 0.506 e. The first-order valence-corrected chi connectivity index (χ1v) is 3.73. The van der Waals surface area contributed by atoms with Crippen molar-refractivity contribution in [3.63, 3.8) is 0 Å². The SMILES string of the molecule is O=C1Cc2ccccc2B(O)O1. The second-order valence-electron chi connectivity index (χ2n) is 2.72. The average Bonchev–Trinajstić information content (AvgIpc) is 2.04. The fourth-order valence-corrected chi connectivity index (χ4v) is 1.32. The van der Waals surface area contributed by atoms with Crippen LogP contribution in [0.5, 0.6) is 0 Å². The van der Waals surface area contributed by atoms with Gasteiger partial charge in [0.15, 0.2) is 0 Å². The van der Waals surface area contributed by atoms with Crippen LogP contribution in [0, 0.1) is 0 Å². The molecule has 3 nitrogen and oxygen atoms in total. The molecule has 4 heteroatoms. The van der Waals surface area contributed by atoms with Gasteiger partial charge in [0.25, 0.3) is 5.97 Å². The van der Waals surface area contributed by atoms with Crippen molar-refractivity contribution in [3.8, 4) is 0 Å². The number of rotatable bonds is 0. The van der Waals surface area contributed by atoms with E-state index in [0.29, 0.717) is 5.46 Å². The monoisotopic (exact) mass is 162 g/mol. The molecule has 12 heavy (non-hydrogen) atoms. The zero-order valence-electron chi connectivity index (χ0n) is 6.36. The van der Waals surface area contributed by atoms with Crippen LogP contribution in [0.15, 0.2) is 24.3 Å². The Morgan fingerprint density at radius 3 is 3.00 bits per heavy atom. The Hall–Kier alpha value is -1.29. The van der Waals surface area contributed by atoms with E-state index in [2.05, 4.69) is 4.65 Å². The zero-order valence-corrected chi connectivity index (χ0v) is 6.36. The third-order valence-corrected chi connectivity index (χ3v) is 1.90.